The summed E-state index contributed by atoms with van der Waals surface area (Å²) in [6.07, 6.45) is 4.42. The fraction of sp³-hybridized carbons (Fsp3) is 0.800. The fourth-order valence-corrected chi connectivity index (χ4v) is 3.24. The van der Waals surface area contributed by atoms with E-state index in [2.05, 4.69) is 31.2 Å². The van der Waals surface area contributed by atoms with Gasteiger partial charge in [0.25, 0.3) is 0 Å². The van der Waals surface area contributed by atoms with Gasteiger partial charge in [-0.1, -0.05) is 32.4 Å². The lowest BCUT2D eigenvalue weighted by atomic mass is 10.0. The van der Waals surface area contributed by atoms with Crippen LogP contribution < -0.4 is 5.32 Å². The van der Waals surface area contributed by atoms with Crippen LogP contribution in [0.15, 0.2) is 0 Å². The Kier molecular flexibility index (Phi) is 4.91. The van der Waals surface area contributed by atoms with Crippen molar-refractivity contribution in [1.29, 1.82) is 0 Å². The monoisotopic (exact) mass is 283 g/mol. The van der Waals surface area contributed by atoms with Crippen LogP contribution in [0.5, 0.6) is 0 Å². The van der Waals surface area contributed by atoms with Crippen LogP contribution in [0.4, 0.5) is 0 Å². The van der Waals surface area contributed by atoms with Crippen molar-refractivity contribution in [2.24, 2.45) is 18.9 Å². The Hall–Kier alpha value is -0.540. The molecule has 0 radical (unpaired) electrons. The molecule has 1 fully saturated rings. The summed E-state index contributed by atoms with van der Waals surface area (Å²) in [5, 5.41) is 9.09. The molecule has 3 unspecified atom stereocenters. The van der Waals surface area contributed by atoms with Crippen molar-refractivity contribution < 1.29 is 0 Å². The Morgan fingerprint density at radius 1 is 1.47 bits per heavy atom. The van der Waals surface area contributed by atoms with Crippen molar-refractivity contribution >= 4 is 11.6 Å². The van der Waals surface area contributed by atoms with Gasteiger partial charge in [-0.2, -0.15) is 5.10 Å². The molecule has 3 nitrogen and oxygen atoms in total. The van der Waals surface area contributed by atoms with Gasteiger partial charge in [-0.25, -0.2) is 0 Å². The van der Waals surface area contributed by atoms with Gasteiger partial charge in [0.15, 0.2) is 0 Å². The molecular weight excluding hydrogens is 258 g/mol. The minimum absolute atomic E-state index is 0.549. The van der Waals surface area contributed by atoms with Gasteiger partial charge in [0.2, 0.25) is 0 Å². The Morgan fingerprint density at radius 2 is 2.16 bits per heavy atom. The number of hydrogen-bond acceptors (Lipinski definition) is 2. The lowest BCUT2D eigenvalue weighted by molar-refractivity contribution is 0.434. The summed E-state index contributed by atoms with van der Waals surface area (Å²) < 4.78 is 1.97. The second kappa shape index (κ2) is 6.27. The lowest BCUT2D eigenvalue weighted by Crippen LogP contribution is -2.35. The van der Waals surface area contributed by atoms with Gasteiger partial charge in [0.1, 0.15) is 0 Å². The van der Waals surface area contributed by atoms with E-state index in [9.17, 15) is 0 Å². The third-order valence-corrected chi connectivity index (χ3v) is 4.70. The predicted octanol–water partition coefficient (Wildman–Crippen LogP) is 3.20. The Bertz CT molecular complexity index is 427. The molecule has 1 saturated carbocycles. The molecule has 0 amide bonds. The molecule has 2 rings (SSSR count). The topological polar surface area (TPSA) is 29.9 Å². The van der Waals surface area contributed by atoms with Crippen molar-refractivity contribution in [1.82, 2.24) is 15.1 Å². The second-order valence-corrected chi connectivity index (χ2v) is 6.20. The largest absolute Gasteiger partial charge is 0.313 e. The van der Waals surface area contributed by atoms with Crippen molar-refractivity contribution in [3.63, 3.8) is 0 Å². The molecule has 0 spiro atoms. The van der Waals surface area contributed by atoms with Crippen LogP contribution >= 0.6 is 11.6 Å². The molecule has 0 bridgehead atoms. The van der Waals surface area contributed by atoms with Crippen LogP contribution in [0.25, 0.3) is 0 Å². The second-order valence-electron chi connectivity index (χ2n) is 5.83. The van der Waals surface area contributed by atoms with Crippen LogP contribution in [0.2, 0.25) is 5.02 Å². The smallest absolute Gasteiger partial charge is 0.0850 e. The molecule has 108 valence electrons. The average Bonchev–Trinajstić information content (AvgIpc) is 3.05. The van der Waals surface area contributed by atoms with E-state index in [0.717, 1.165) is 41.9 Å². The fourth-order valence-electron chi connectivity index (χ4n) is 2.87. The first-order valence-electron chi connectivity index (χ1n) is 7.52. The van der Waals surface area contributed by atoms with Gasteiger partial charge in [0.05, 0.1) is 16.4 Å². The average molecular weight is 284 g/mol. The van der Waals surface area contributed by atoms with Crippen LogP contribution in [0, 0.1) is 11.8 Å². The zero-order valence-electron chi connectivity index (χ0n) is 12.5. The number of aromatic nitrogens is 2. The van der Waals surface area contributed by atoms with Crippen LogP contribution in [0.3, 0.4) is 0 Å². The molecular formula is C15H26ClN3. The SMILES string of the molecule is CCCNC(Cc1c(Cl)c(CC)nn1C)C1CC1C. The molecule has 1 aliphatic rings. The highest BCUT2D eigenvalue weighted by atomic mass is 35.5. The number of halogens is 1. The first kappa shape index (κ1) is 14.9. The maximum atomic E-state index is 6.46. The third kappa shape index (κ3) is 3.32. The standard InChI is InChI=1S/C15H26ClN3/c1-5-7-17-13(11-8-10(11)3)9-14-15(16)12(6-2)18-19(14)4/h10-11,13,17H,5-9H2,1-4H3. The zero-order chi connectivity index (χ0) is 14.0. The van der Waals surface area contributed by atoms with E-state index in [0.29, 0.717) is 6.04 Å². The first-order chi connectivity index (χ1) is 9.08. The summed E-state index contributed by atoms with van der Waals surface area (Å²) in [4.78, 5) is 0. The van der Waals surface area contributed by atoms with Gasteiger partial charge in [-0.05, 0) is 37.6 Å². The van der Waals surface area contributed by atoms with Crippen LogP contribution in [0.1, 0.15) is 45.0 Å². The normalized spacial score (nSPS) is 23.6. The number of nitrogens with zero attached hydrogens (tertiary/aromatic N) is 2. The molecule has 1 N–H and O–H groups in total. The highest BCUT2D eigenvalue weighted by Crippen LogP contribution is 2.42. The van der Waals surface area contributed by atoms with Gasteiger partial charge in [-0.15, -0.1) is 0 Å². The van der Waals surface area contributed by atoms with E-state index >= 15 is 0 Å². The quantitative estimate of drug-likeness (QED) is 0.833. The minimum Gasteiger partial charge on any atom is -0.313 e. The summed E-state index contributed by atoms with van der Waals surface area (Å²) >= 11 is 6.46. The summed E-state index contributed by atoms with van der Waals surface area (Å²) in [5.74, 6) is 1.66. The van der Waals surface area contributed by atoms with Gasteiger partial charge in [0, 0.05) is 19.5 Å². The Balaban J connectivity index is 2.10. The van der Waals surface area contributed by atoms with E-state index in [-0.39, 0.29) is 0 Å². The summed E-state index contributed by atoms with van der Waals surface area (Å²) in [7, 11) is 2.01. The van der Waals surface area contributed by atoms with Crippen molar-refractivity contribution in [3.05, 3.63) is 16.4 Å². The number of hydrogen-bond donors (Lipinski definition) is 1. The highest BCUT2D eigenvalue weighted by molar-refractivity contribution is 6.31. The third-order valence-electron chi connectivity index (χ3n) is 4.26. The summed E-state index contributed by atoms with van der Waals surface area (Å²) in [6.45, 7) is 7.75. The van der Waals surface area contributed by atoms with Gasteiger partial charge < -0.3 is 5.32 Å². The van der Waals surface area contributed by atoms with E-state index < -0.39 is 0 Å². The predicted molar refractivity (Wildman–Crippen MR) is 80.7 cm³/mol. The van der Waals surface area contributed by atoms with E-state index in [1.807, 2.05) is 11.7 Å². The molecule has 0 saturated heterocycles. The van der Waals surface area contributed by atoms with E-state index in [1.54, 1.807) is 0 Å². The molecule has 4 heteroatoms. The molecule has 1 aliphatic carbocycles. The lowest BCUT2D eigenvalue weighted by Gasteiger charge is -2.19. The Labute approximate surface area is 121 Å². The van der Waals surface area contributed by atoms with Gasteiger partial charge in [-0.3, -0.25) is 4.68 Å². The number of rotatable bonds is 7. The number of nitrogens with one attached hydrogen (secondary N) is 1. The highest BCUT2D eigenvalue weighted by Gasteiger charge is 2.39. The number of aryl methyl sites for hydroxylation is 2. The molecule has 1 aromatic heterocycles. The molecule has 1 heterocycles. The molecule has 0 aliphatic heterocycles. The maximum absolute atomic E-state index is 6.46. The minimum atomic E-state index is 0.549. The van der Waals surface area contributed by atoms with Gasteiger partial charge >= 0.3 is 0 Å². The Morgan fingerprint density at radius 3 is 2.63 bits per heavy atom. The van der Waals surface area contributed by atoms with E-state index in [1.165, 1.54) is 18.5 Å². The summed E-state index contributed by atoms with van der Waals surface area (Å²) in [6, 6.07) is 0.549. The molecule has 19 heavy (non-hydrogen) atoms. The van der Waals surface area contributed by atoms with E-state index in [4.69, 9.17) is 11.6 Å². The zero-order valence-corrected chi connectivity index (χ0v) is 13.3. The first-order valence-corrected chi connectivity index (χ1v) is 7.89. The molecule has 1 aromatic rings. The van der Waals surface area contributed by atoms with Crippen molar-refractivity contribution in [3.8, 4) is 0 Å². The van der Waals surface area contributed by atoms with Crippen LogP contribution in [-0.2, 0) is 19.9 Å². The summed E-state index contributed by atoms with van der Waals surface area (Å²) in [5.41, 5.74) is 2.21. The van der Waals surface area contributed by atoms with Crippen molar-refractivity contribution in [2.75, 3.05) is 6.54 Å². The molecule has 3 atom stereocenters. The van der Waals surface area contributed by atoms with Crippen LogP contribution in [-0.4, -0.2) is 22.4 Å². The molecule has 0 aromatic carbocycles. The van der Waals surface area contributed by atoms with Crippen molar-refractivity contribution in [2.45, 2.75) is 52.5 Å². The maximum Gasteiger partial charge on any atom is 0.0850 e.